The van der Waals surface area contributed by atoms with Crippen molar-refractivity contribution < 1.29 is 9.00 Å². The van der Waals surface area contributed by atoms with E-state index in [9.17, 15) is 13.9 Å². The molecule has 1 amide bonds. The van der Waals surface area contributed by atoms with Gasteiger partial charge in [-0.1, -0.05) is 12.1 Å². The summed E-state index contributed by atoms with van der Waals surface area (Å²) >= 11 is 0. The van der Waals surface area contributed by atoms with Crippen LogP contribution >= 0.6 is 0 Å². The molecule has 1 aliphatic heterocycles. The molecule has 0 saturated carbocycles. The predicted molar refractivity (Wildman–Crippen MR) is 126 cm³/mol. The van der Waals surface area contributed by atoms with Gasteiger partial charge in [0, 0.05) is 53.3 Å². The quantitative estimate of drug-likeness (QED) is 0.384. The summed E-state index contributed by atoms with van der Waals surface area (Å²) in [6.45, 7) is 1.93. The molecule has 3 aromatic rings. The van der Waals surface area contributed by atoms with Gasteiger partial charge in [0.15, 0.2) is 5.82 Å². The van der Waals surface area contributed by atoms with Gasteiger partial charge in [0.05, 0.1) is 0 Å². The Morgan fingerprint density at radius 1 is 1.12 bits per heavy atom. The Labute approximate surface area is 187 Å². The van der Waals surface area contributed by atoms with Crippen LogP contribution in [-0.4, -0.2) is 44.9 Å². The van der Waals surface area contributed by atoms with E-state index in [-0.39, 0.29) is 5.56 Å². The Hall–Kier alpha value is -3.73. The monoisotopic (exact) mass is 453 g/mol. The number of nitrogens with one attached hydrogen (secondary N) is 3. The van der Waals surface area contributed by atoms with Crippen molar-refractivity contribution in [2.75, 3.05) is 40.1 Å². The molecular weight excluding hydrogens is 430 g/mol. The number of aromatic amines is 1. The van der Waals surface area contributed by atoms with Gasteiger partial charge < -0.3 is 21.3 Å². The number of carbonyl (C=O) groups is 1. The number of H-pyrrole nitrogens is 1. The average Bonchev–Trinajstić information content (AvgIpc) is 3.22. The lowest BCUT2D eigenvalue weighted by atomic mass is 10.2. The number of carbonyl (C=O) groups excluding carboxylic acids is 1. The molecule has 0 atom stereocenters. The summed E-state index contributed by atoms with van der Waals surface area (Å²) in [5.41, 5.74) is 8.88. The standard InChI is InChI=1S/C21H23N7O3S/c22-19(29)18-20(23-13-14-1-3-16(27-30)4-2-14)25-26-21(18)24-15-5-7-17(8-6-15)28-9-11-32(31)12-10-28/h1-8H,9-13H2,(H2,22,29)(H3,23,24,25,26). The van der Waals surface area contributed by atoms with E-state index in [1.54, 1.807) is 24.3 Å². The topological polar surface area (TPSA) is 146 Å². The molecule has 0 spiro atoms. The highest BCUT2D eigenvalue weighted by Crippen LogP contribution is 2.26. The number of amides is 1. The summed E-state index contributed by atoms with van der Waals surface area (Å²) in [7, 11) is -0.718. The summed E-state index contributed by atoms with van der Waals surface area (Å²) in [6.07, 6.45) is 0. The third kappa shape index (κ3) is 4.94. The number of benzene rings is 2. The fourth-order valence-electron chi connectivity index (χ4n) is 3.46. The summed E-state index contributed by atoms with van der Waals surface area (Å²) in [5, 5.41) is 16.1. The van der Waals surface area contributed by atoms with Gasteiger partial charge in [0.25, 0.3) is 5.91 Å². The number of aromatic nitrogens is 2. The Kier molecular flexibility index (Phi) is 6.45. The van der Waals surface area contributed by atoms with Crippen molar-refractivity contribution in [3.05, 3.63) is 64.6 Å². The van der Waals surface area contributed by atoms with Gasteiger partial charge in [-0.25, -0.2) is 0 Å². The largest absolute Gasteiger partial charge is 0.370 e. The molecule has 166 valence electrons. The summed E-state index contributed by atoms with van der Waals surface area (Å²) < 4.78 is 11.5. The first-order chi connectivity index (χ1) is 15.5. The maximum Gasteiger partial charge on any atom is 0.256 e. The van der Waals surface area contributed by atoms with Gasteiger partial charge in [-0.2, -0.15) is 5.10 Å². The highest BCUT2D eigenvalue weighted by Gasteiger charge is 2.19. The Morgan fingerprint density at radius 3 is 2.44 bits per heavy atom. The highest BCUT2D eigenvalue weighted by atomic mass is 32.2. The van der Waals surface area contributed by atoms with Crippen LogP contribution in [0.1, 0.15) is 15.9 Å². The zero-order valence-corrected chi connectivity index (χ0v) is 18.0. The molecule has 32 heavy (non-hydrogen) atoms. The SMILES string of the molecule is NC(=O)c1c(NCc2ccc(N=O)cc2)n[nH]c1Nc1ccc(N2CCS(=O)CC2)cc1. The fraction of sp³-hybridized carbons (Fsp3) is 0.238. The second-order valence-electron chi connectivity index (χ2n) is 7.30. The van der Waals surface area contributed by atoms with Crippen LogP contribution in [0.5, 0.6) is 0 Å². The van der Waals surface area contributed by atoms with Crippen LogP contribution in [0.15, 0.2) is 53.7 Å². The van der Waals surface area contributed by atoms with Crippen molar-refractivity contribution in [2.45, 2.75) is 6.54 Å². The molecular formula is C21H23N7O3S. The van der Waals surface area contributed by atoms with Crippen LogP contribution in [-0.2, 0) is 17.3 Å². The summed E-state index contributed by atoms with van der Waals surface area (Å²) in [4.78, 5) is 24.8. The van der Waals surface area contributed by atoms with E-state index >= 15 is 0 Å². The normalized spacial score (nSPS) is 14.2. The predicted octanol–water partition coefficient (Wildman–Crippen LogP) is 2.83. The molecule has 0 unspecified atom stereocenters. The molecule has 1 saturated heterocycles. The van der Waals surface area contributed by atoms with Crippen LogP contribution in [0.2, 0.25) is 0 Å². The lowest BCUT2D eigenvalue weighted by Crippen LogP contribution is -2.37. The van der Waals surface area contributed by atoms with E-state index in [1.165, 1.54) is 0 Å². The minimum absolute atomic E-state index is 0.221. The first-order valence-corrected chi connectivity index (χ1v) is 11.5. The van der Waals surface area contributed by atoms with Crippen molar-refractivity contribution in [3.8, 4) is 0 Å². The molecule has 11 heteroatoms. The fourth-order valence-corrected chi connectivity index (χ4v) is 4.51. The molecule has 4 rings (SSSR count). The number of nitroso groups, excluding NO2 is 1. The van der Waals surface area contributed by atoms with Crippen molar-refractivity contribution >= 4 is 45.4 Å². The molecule has 10 nitrogen and oxygen atoms in total. The van der Waals surface area contributed by atoms with E-state index in [0.29, 0.717) is 35.4 Å². The van der Waals surface area contributed by atoms with Gasteiger partial charge in [0.1, 0.15) is 17.1 Å². The smallest absolute Gasteiger partial charge is 0.256 e. The lowest BCUT2D eigenvalue weighted by molar-refractivity contribution is 0.100. The van der Waals surface area contributed by atoms with E-state index in [4.69, 9.17) is 5.73 Å². The van der Waals surface area contributed by atoms with E-state index in [0.717, 1.165) is 30.0 Å². The minimum Gasteiger partial charge on any atom is -0.370 e. The molecule has 1 aromatic heterocycles. The molecule has 0 aliphatic carbocycles. The van der Waals surface area contributed by atoms with Crippen LogP contribution in [0.25, 0.3) is 0 Å². The number of hydrogen-bond acceptors (Lipinski definition) is 8. The van der Waals surface area contributed by atoms with Crippen molar-refractivity contribution in [1.29, 1.82) is 0 Å². The third-order valence-electron chi connectivity index (χ3n) is 5.19. The summed E-state index contributed by atoms with van der Waals surface area (Å²) in [6, 6.07) is 14.5. The second kappa shape index (κ2) is 9.60. The first kappa shape index (κ1) is 21.5. The van der Waals surface area contributed by atoms with Crippen LogP contribution in [0.4, 0.5) is 28.7 Å². The van der Waals surface area contributed by atoms with Crippen molar-refractivity contribution in [2.24, 2.45) is 10.9 Å². The molecule has 1 fully saturated rings. The third-order valence-corrected chi connectivity index (χ3v) is 6.47. The van der Waals surface area contributed by atoms with E-state index in [2.05, 4.69) is 30.9 Å². The number of nitrogens with two attached hydrogens (primary N) is 1. The van der Waals surface area contributed by atoms with Gasteiger partial charge >= 0.3 is 0 Å². The summed E-state index contributed by atoms with van der Waals surface area (Å²) in [5.74, 6) is 1.47. The van der Waals surface area contributed by atoms with E-state index in [1.807, 2.05) is 24.3 Å². The molecule has 2 aromatic carbocycles. The second-order valence-corrected chi connectivity index (χ2v) is 9.00. The molecule has 0 bridgehead atoms. The minimum atomic E-state index is -0.718. The Morgan fingerprint density at radius 2 is 1.81 bits per heavy atom. The molecule has 0 radical (unpaired) electrons. The molecule has 2 heterocycles. The van der Waals surface area contributed by atoms with Crippen molar-refractivity contribution in [1.82, 2.24) is 10.2 Å². The Bertz CT molecular complexity index is 1120. The number of nitrogens with zero attached hydrogens (tertiary/aromatic N) is 3. The molecule has 5 N–H and O–H groups in total. The zero-order valence-electron chi connectivity index (χ0n) is 17.2. The first-order valence-electron chi connectivity index (χ1n) is 10.0. The van der Waals surface area contributed by atoms with Gasteiger partial charge in [-0.3, -0.25) is 14.1 Å². The number of hydrogen-bond donors (Lipinski definition) is 4. The van der Waals surface area contributed by atoms with E-state index < -0.39 is 16.7 Å². The molecule has 1 aliphatic rings. The average molecular weight is 454 g/mol. The van der Waals surface area contributed by atoms with Crippen LogP contribution < -0.4 is 21.3 Å². The maximum absolute atomic E-state index is 12.1. The zero-order chi connectivity index (χ0) is 22.5. The van der Waals surface area contributed by atoms with Crippen LogP contribution in [0, 0.1) is 4.91 Å². The van der Waals surface area contributed by atoms with Gasteiger partial charge in [-0.15, -0.1) is 4.91 Å². The number of anilines is 4. The maximum atomic E-state index is 12.1. The Balaban J connectivity index is 1.44. The van der Waals surface area contributed by atoms with Gasteiger partial charge in [-0.05, 0) is 47.1 Å². The highest BCUT2D eigenvalue weighted by molar-refractivity contribution is 7.85. The number of primary amides is 1. The lowest BCUT2D eigenvalue weighted by Gasteiger charge is -2.28. The van der Waals surface area contributed by atoms with Gasteiger partial charge in [0.2, 0.25) is 0 Å². The van der Waals surface area contributed by atoms with Crippen molar-refractivity contribution in [3.63, 3.8) is 0 Å². The van der Waals surface area contributed by atoms with Crippen LogP contribution in [0.3, 0.4) is 0 Å². The number of rotatable bonds is 8.